The van der Waals surface area contributed by atoms with Gasteiger partial charge in [-0.2, -0.15) is 0 Å². The fourth-order valence-corrected chi connectivity index (χ4v) is 2.35. The molecule has 3 N–H and O–H groups in total. The number of carbonyl (C=O) groups is 1. The van der Waals surface area contributed by atoms with E-state index < -0.39 is 9.96 Å². The number of rotatable bonds is 8. The predicted molar refractivity (Wildman–Crippen MR) is 88.4 cm³/mol. The lowest BCUT2D eigenvalue weighted by Crippen LogP contribution is -2.95. The summed E-state index contributed by atoms with van der Waals surface area (Å²) in [6.45, 7) is 2.73. The molecule has 6 heteroatoms. The van der Waals surface area contributed by atoms with Crippen molar-refractivity contribution in [2.45, 2.75) is 49.1 Å². The average molecular weight is 353 g/mol. The van der Waals surface area contributed by atoms with Crippen molar-refractivity contribution in [3.63, 3.8) is 0 Å². The lowest BCUT2D eigenvalue weighted by atomic mass is 10.2. The van der Waals surface area contributed by atoms with Crippen molar-refractivity contribution in [3.05, 3.63) is 35.9 Å². The van der Waals surface area contributed by atoms with Gasteiger partial charge in [-0.3, -0.25) is 4.79 Å². The zero-order valence-electron chi connectivity index (χ0n) is 12.1. The number of halogens is 3. The first-order chi connectivity index (χ1) is 9.93. The molecule has 1 rings (SSSR count). The summed E-state index contributed by atoms with van der Waals surface area (Å²) in [6, 6.07) is 9.85. The van der Waals surface area contributed by atoms with E-state index in [1.54, 1.807) is 0 Å². The highest BCUT2D eigenvalue weighted by Gasteiger charge is 2.37. The van der Waals surface area contributed by atoms with E-state index in [-0.39, 0.29) is 5.91 Å². The van der Waals surface area contributed by atoms with Gasteiger partial charge in [-0.25, -0.2) is 0 Å². The Bertz CT molecular complexity index is 421. The highest BCUT2D eigenvalue weighted by molar-refractivity contribution is 6.68. The molecule has 21 heavy (non-hydrogen) atoms. The number of benzene rings is 1. The molecule has 0 spiro atoms. The Morgan fingerprint density at radius 3 is 2.48 bits per heavy atom. The normalized spacial score (nSPS) is 13.0. The minimum Gasteiger partial charge on any atom is -0.319 e. The first kappa shape index (κ1) is 18.6. The molecule has 0 saturated heterocycles. The predicted octanol–water partition coefficient (Wildman–Crippen LogP) is 3.14. The fraction of sp³-hybridized carbons (Fsp3) is 0.533. The standard InChI is InChI=1S/C15H21Cl3N2O/c1-2-3-5-10-13(21)20-14(15(16,17)18)19-11-12-8-6-4-7-9-12/h4,6-9,14,19H,2-3,5,10-11H2,1H3,(H,20,21)/p+1. The van der Waals surface area contributed by atoms with E-state index in [0.717, 1.165) is 24.8 Å². The minimum absolute atomic E-state index is 0.0795. The molecule has 1 aromatic rings. The second-order valence-corrected chi connectivity index (χ2v) is 7.34. The van der Waals surface area contributed by atoms with Crippen molar-refractivity contribution in [2.75, 3.05) is 0 Å². The summed E-state index contributed by atoms with van der Waals surface area (Å²) in [6.07, 6.45) is 2.82. The number of alkyl halides is 3. The van der Waals surface area contributed by atoms with Crippen LogP contribution in [0.3, 0.4) is 0 Å². The SMILES string of the molecule is CCCCCC(=O)NC([NH2+]Cc1ccccc1)C(Cl)(Cl)Cl. The van der Waals surface area contributed by atoms with E-state index in [4.69, 9.17) is 34.8 Å². The molecule has 1 atom stereocenters. The average Bonchev–Trinajstić information content (AvgIpc) is 2.43. The summed E-state index contributed by atoms with van der Waals surface area (Å²) in [4.78, 5) is 11.9. The van der Waals surface area contributed by atoms with Gasteiger partial charge in [-0.05, 0) is 6.42 Å². The maximum absolute atomic E-state index is 11.9. The smallest absolute Gasteiger partial charge is 0.262 e. The molecule has 0 radical (unpaired) electrons. The van der Waals surface area contributed by atoms with Crippen LogP contribution in [0.1, 0.15) is 38.2 Å². The Morgan fingerprint density at radius 1 is 1.24 bits per heavy atom. The molecule has 1 amide bonds. The monoisotopic (exact) mass is 351 g/mol. The van der Waals surface area contributed by atoms with Gasteiger partial charge in [0.25, 0.3) is 3.79 Å². The Balaban J connectivity index is 2.50. The molecule has 0 bridgehead atoms. The Hall–Kier alpha value is -0.480. The largest absolute Gasteiger partial charge is 0.319 e. The molecule has 0 aliphatic rings. The van der Waals surface area contributed by atoms with Gasteiger partial charge in [0.2, 0.25) is 12.1 Å². The van der Waals surface area contributed by atoms with Gasteiger partial charge in [0.1, 0.15) is 6.54 Å². The number of hydrogen-bond donors (Lipinski definition) is 2. The third kappa shape index (κ3) is 7.91. The maximum Gasteiger partial charge on any atom is 0.262 e. The molecular formula is C15H22Cl3N2O+. The lowest BCUT2D eigenvalue weighted by molar-refractivity contribution is -0.707. The molecular weight excluding hydrogens is 331 g/mol. The Kier molecular flexibility index (Phi) is 8.42. The maximum atomic E-state index is 11.9. The molecule has 1 aromatic carbocycles. The van der Waals surface area contributed by atoms with Gasteiger partial charge in [0.05, 0.1) is 0 Å². The zero-order valence-corrected chi connectivity index (χ0v) is 14.4. The van der Waals surface area contributed by atoms with Crippen LogP contribution in [0.2, 0.25) is 0 Å². The van der Waals surface area contributed by atoms with Gasteiger partial charge < -0.3 is 10.6 Å². The van der Waals surface area contributed by atoms with Gasteiger partial charge in [-0.15, -0.1) is 0 Å². The van der Waals surface area contributed by atoms with Crippen LogP contribution >= 0.6 is 34.8 Å². The van der Waals surface area contributed by atoms with Crippen LogP contribution in [0, 0.1) is 0 Å². The summed E-state index contributed by atoms with van der Waals surface area (Å²) in [5.74, 6) is -0.0795. The van der Waals surface area contributed by atoms with E-state index in [0.29, 0.717) is 13.0 Å². The number of carbonyl (C=O) groups excluding carboxylic acids is 1. The quantitative estimate of drug-likeness (QED) is 0.421. The van der Waals surface area contributed by atoms with Crippen molar-refractivity contribution in [1.82, 2.24) is 5.32 Å². The number of amides is 1. The Morgan fingerprint density at radius 2 is 1.90 bits per heavy atom. The number of quaternary nitrogens is 1. The minimum atomic E-state index is -1.55. The molecule has 0 fully saturated rings. The van der Waals surface area contributed by atoms with E-state index >= 15 is 0 Å². The van der Waals surface area contributed by atoms with Crippen LogP contribution in [-0.4, -0.2) is 15.9 Å². The van der Waals surface area contributed by atoms with Crippen LogP contribution in [0.4, 0.5) is 0 Å². The summed E-state index contributed by atoms with van der Waals surface area (Å²) in [5.41, 5.74) is 1.11. The zero-order chi connectivity index (χ0) is 15.7. The third-order valence-electron chi connectivity index (χ3n) is 3.11. The third-order valence-corrected chi connectivity index (χ3v) is 3.81. The van der Waals surface area contributed by atoms with Gasteiger partial charge in [-0.1, -0.05) is 84.9 Å². The van der Waals surface area contributed by atoms with Crippen LogP contribution in [0.25, 0.3) is 0 Å². The molecule has 118 valence electrons. The summed E-state index contributed by atoms with van der Waals surface area (Å²) in [5, 5.41) is 4.63. The van der Waals surface area contributed by atoms with Crippen molar-refractivity contribution < 1.29 is 10.1 Å². The van der Waals surface area contributed by atoms with E-state index in [2.05, 4.69) is 12.2 Å². The number of unbranched alkanes of at least 4 members (excludes halogenated alkanes) is 2. The van der Waals surface area contributed by atoms with Crippen molar-refractivity contribution in [1.29, 1.82) is 0 Å². The van der Waals surface area contributed by atoms with Crippen LogP contribution in [0.15, 0.2) is 30.3 Å². The molecule has 0 aliphatic heterocycles. The molecule has 0 aromatic heterocycles. The van der Waals surface area contributed by atoms with Gasteiger partial charge in [0, 0.05) is 12.0 Å². The molecule has 0 heterocycles. The molecule has 0 saturated carbocycles. The van der Waals surface area contributed by atoms with E-state index in [1.807, 2.05) is 35.6 Å². The Labute approximate surface area is 141 Å². The van der Waals surface area contributed by atoms with E-state index in [9.17, 15) is 4.79 Å². The van der Waals surface area contributed by atoms with Gasteiger partial charge in [0.15, 0.2) is 0 Å². The summed E-state index contributed by atoms with van der Waals surface area (Å²) < 4.78 is -1.55. The number of hydrogen-bond acceptors (Lipinski definition) is 1. The van der Waals surface area contributed by atoms with Crippen LogP contribution < -0.4 is 10.6 Å². The van der Waals surface area contributed by atoms with Crippen molar-refractivity contribution in [2.24, 2.45) is 0 Å². The van der Waals surface area contributed by atoms with Crippen molar-refractivity contribution >= 4 is 40.7 Å². The van der Waals surface area contributed by atoms with Crippen molar-refractivity contribution in [3.8, 4) is 0 Å². The summed E-state index contributed by atoms with van der Waals surface area (Å²) >= 11 is 17.9. The van der Waals surface area contributed by atoms with E-state index in [1.165, 1.54) is 0 Å². The lowest BCUT2D eigenvalue weighted by Gasteiger charge is -2.23. The number of nitrogens with one attached hydrogen (secondary N) is 1. The second-order valence-electron chi connectivity index (χ2n) is 4.97. The van der Waals surface area contributed by atoms with Gasteiger partial charge >= 0.3 is 0 Å². The topological polar surface area (TPSA) is 45.7 Å². The molecule has 3 nitrogen and oxygen atoms in total. The second kappa shape index (κ2) is 9.52. The van der Waals surface area contributed by atoms with Crippen LogP contribution in [-0.2, 0) is 11.3 Å². The summed E-state index contributed by atoms with van der Waals surface area (Å²) in [7, 11) is 0. The first-order valence-electron chi connectivity index (χ1n) is 7.16. The molecule has 1 unspecified atom stereocenters. The highest BCUT2D eigenvalue weighted by atomic mass is 35.6. The highest BCUT2D eigenvalue weighted by Crippen LogP contribution is 2.27. The first-order valence-corrected chi connectivity index (χ1v) is 8.30. The fourth-order valence-electron chi connectivity index (χ4n) is 1.92. The number of nitrogens with two attached hydrogens (primary N) is 1. The van der Waals surface area contributed by atoms with Crippen LogP contribution in [0.5, 0.6) is 0 Å². The molecule has 0 aliphatic carbocycles.